The molecule has 2 N–H and O–H groups in total. The Morgan fingerprint density at radius 3 is 2.38 bits per heavy atom. The Hall–Kier alpha value is -1.88. The molecule has 0 aromatic heterocycles. The first kappa shape index (κ1) is 15.5. The van der Waals surface area contributed by atoms with Gasteiger partial charge in [-0.15, -0.1) is 0 Å². The highest BCUT2D eigenvalue weighted by atomic mass is 16.2. The Morgan fingerprint density at radius 1 is 1.14 bits per heavy atom. The van der Waals surface area contributed by atoms with Crippen molar-refractivity contribution in [3.63, 3.8) is 0 Å². The first-order valence-corrected chi connectivity index (χ1v) is 7.27. The number of nitrogens with zero attached hydrogens (tertiary/aromatic N) is 1. The number of nitrogens with one attached hydrogen (secondary N) is 2. The topological polar surface area (TPSA) is 61.4 Å². The van der Waals surface area contributed by atoms with Gasteiger partial charge in [-0.1, -0.05) is 17.7 Å². The minimum absolute atomic E-state index is 0.0130. The normalized spacial score (nSPS) is 20.2. The fourth-order valence-corrected chi connectivity index (χ4v) is 2.18. The van der Waals surface area contributed by atoms with Gasteiger partial charge in [0.2, 0.25) is 11.8 Å². The van der Waals surface area contributed by atoms with E-state index in [1.54, 1.807) is 0 Å². The first-order valence-electron chi connectivity index (χ1n) is 7.27. The highest BCUT2D eigenvalue weighted by Gasteiger charge is 2.47. The number of amides is 2. The zero-order valence-electron chi connectivity index (χ0n) is 12.8. The number of hydrogen-bond acceptors (Lipinski definition) is 3. The molecule has 0 spiro atoms. The summed E-state index contributed by atoms with van der Waals surface area (Å²) in [5.41, 5.74) is 1.93. The number of benzene rings is 1. The summed E-state index contributed by atoms with van der Waals surface area (Å²) in [5, 5.41) is 5.73. The summed E-state index contributed by atoms with van der Waals surface area (Å²) in [6, 6.07) is 7.66. The van der Waals surface area contributed by atoms with E-state index in [0.717, 1.165) is 17.8 Å². The predicted octanol–water partition coefficient (Wildman–Crippen LogP) is 1.25. The second-order valence-corrected chi connectivity index (χ2v) is 5.90. The molecule has 0 bridgehead atoms. The summed E-state index contributed by atoms with van der Waals surface area (Å²) < 4.78 is 0. The Bertz CT molecular complexity index is 511. The van der Waals surface area contributed by atoms with Gasteiger partial charge in [-0.25, -0.2) is 0 Å². The van der Waals surface area contributed by atoms with E-state index in [-0.39, 0.29) is 23.7 Å². The van der Waals surface area contributed by atoms with Crippen LogP contribution in [0.5, 0.6) is 0 Å². The molecular formula is C16H23N3O2. The molecule has 1 aromatic carbocycles. The Kier molecular flexibility index (Phi) is 4.96. The van der Waals surface area contributed by atoms with Gasteiger partial charge < -0.3 is 15.5 Å². The summed E-state index contributed by atoms with van der Waals surface area (Å²) in [6.07, 6.45) is 0.644. The lowest BCUT2D eigenvalue weighted by Gasteiger charge is -2.10. The molecule has 2 amide bonds. The highest BCUT2D eigenvalue weighted by molar-refractivity contribution is 5.99. The number of likely N-dealkylation sites (N-methyl/N-ethyl adjacent to an activating group) is 1. The zero-order valence-corrected chi connectivity index (χ0v) is 12.8. The van der Waals surface area contributed by atoms with Crippen LogP contribution in [-0.4, -0.2) is 43.9 Å². The molecule has 1 aliphatic rings. The quantitative estimate of drug-likeness (QED) is 0.828. The Morgan fingerprint density at radius 2 is 1.76 bits per heavy atom. The molecule has 2 unspecified atom stereocenters. The van der Waals surface area contributed by atoms with Crippen LogP contribution in [0.1, 0.15) is 12.0 Å². The van der Waals surface area contributed by atoms with Gasteiger partial charge in [0.25, 0.3) is 0 Å². The molecule has 21 heavy (non-hydrogen) atoms. The van der Waals surface area contributed by atoms with Crippen LogP contribution < -0.4 is 10.6 Å². The predicted molar refractivity (Wildman–Crippen MR) is 83.0 cm³/mol. The smallest absolute Gasteiger partial charge is 0.228 e. The minimum Gasteiger partial charge on any atom is -0.355 e. The molecule has 5 nitrogen and oxygen atoms in total. The maximum Gasteiger partial charge on any atom is 0.228 e. The van der Waals surface area contributed by atoms with E-state index in [4.69, 9.17) is 0 Å². The van der Waals surface area contributed by atoms with Gasteiger partial charge >= 0.3 is 0 Å². The lowest BCUT2D eigenvalue weighted by atomic mass is 10.2. The fourth-order valence-electron chi connectivity index (χ4n) is 2.18. The summed E-state index contributed by atoms with van der Waals surface area (Å²) in [7, 11) is 3.92. The first-order chi connectivity index (χ1) is 9.97. The van der Waals surface area contributed by atoms with Gasteiger partial charge in [-0.3, -0.25) is 9.59 Å². The Balaban J connectivity index is 1.75. The summed E-state index contributed by atoms with van der Waals surface area (Å²) >= 11 is 0. The van der Waals surface area contributed by atoms with Crippen LogP contribution in [0, 0.1) is 18.8 Å². The van der Waals surface area contributed by atoms with Crippen LogP contribution >= 0.6 is 0 Å². The van der Waals surface area contributed by atoms with Gasteiger partial charge in [-0.2, -0.15) is 0 Å². The average Bonchev–Trinajstić information content (AvgIpc) is 3.21. The Labute approximate surface area is 125 Å². The largest absolute Gasteiger partial charge is 0.355 e. The third-order valence-corrected chi connectivity index (χ3v) is 3.64. The second-order valence-electron chi connectivity index (χ2n) is 5.90. The third-order valence-electron chi connectivity index (χ3n) is 3.64. The van der Waals surface area contributed by atoms with Gasteiger partial charge in [-0.05, 0) is 39.6 Å². The van der Waals surface area contributed by atoms with Crippen molar-refractivity contribution in [3.05, 3.63) is 29.8 Å². The molecule has 0 saturated heterocycles. The molecule has 1 aromatic rings. The molecule has 114 valence electrons. The van der Waals surface area contributed by atoms with E-state index in [1.165, 1.54) is 0 Å². The molecule has 1 aliphatic carbocycles. The monoisotopic (exact) mass is 289 g/mol. The lowest BCUT2D eigenvalue weighted by molar-refractivity contribution is -0.125. The SMILES string of the molecule is Cc1ccc(NC(=O)C2CC2C(=O)NCCN(C)C)cc1. The van der Waals surface area contributed by atoms with Crippen molar-refractivity contribution in [3.8, 4) is 0 Å². The van der Waals surface area contributed by atoms with Crippen LogP contribution in [0.25, 0.3) is 0 Å². The van der Waals surface area contributed by atoms with Crippen molar-refractivity contribution in [2.24, 2.45) is 11.8 Å². The molecule has 2 rings (SSSR count). The van der Waals surface area contributed by atoms with Crippen LogP contribution in [0.4, 0.5) is 5.69 Å². The second kappa shape index (κ2) is 6.72. The van der Waals surface area contributed by atoms with Crippen LogP contribution in [-0.2, 0) is 9.59 Å². The number of rotatable bonds is 6. The highest BCUT2D eigenvalue weighted by Crippen LogP contribution is 2.39. The number of carbonyl (C=O) groups excluding carboxylic acids is 2. The van der Waals surface area contributed by atoms with E-state index >= 15 is 0 Å². The lowest BCUT2D eigenvalue weighted by Crippen LogP contribution is -2.33. The van der Waals surface area contributed by atoms with Crippen molar-refractivity contribution in [2.75, 3.05) is 32.5 Å². The summed E-state index contributed by atoms with van der Waals surface area (Å²) in [5.74, 6) is -0.434. The van der Waals surface area contributed by atoms with E-state index in [1.807, 2.05) is 50.2 Å². The van der Waals surface area contributed by atoms with Crippen molar-refractivity contribution in [1.82, 2.24) is 10.2 Å². The van der Waals surface area contributed by atoms with Crippen molar-refractivity contribution in [2.45, 2.75) is 13.3 Å². The maximum atomic E-state index is 12.1. The minimum atomic E-state index is -0.189. The van der Waals surface area contributed by atoms with E-state index in [2.05, 4.69) is 10.6 Å². The van der Waals surface area contributed by atoms with E-state index in [0.29, 0.717) is 13.0 Å². The van der Waals surface area contributed by atoms with Crippen LogP contribution in [0.2, 0.25) is 0 Å². The van der Waals surface area contributed by atoms with Crippen LogP contribution in [0.3, 0.4) is 0 Å². The third kappa shape index (κ3) is 4.56. The standard InChI is InChI=1S/C16H23N3O2/c1-11-4-6-12(7-5-11)18-16(21)14-10-13(14)15(20)17-8-9-19(2)3/h4-7,13-14H,8-10H2,1-3H3,(H,17,20)(H,18,21). The van der Waals surface area contributed by atoms with E-state index < -0.39 is 0 Å². The zero-order chi connectivity index (χ0) is 15.4. The maximum absolute atomic E-state index is 12.1. The van der Waals surface area contributed by atoms with Crippen molar-refractivity contribution in [1.29, 1.82) is 0 Å². The molecule has 0 aliphatic heterocycles. The summed E-state index contributed by atoms with van der Waals surface area (Å²) in [4.78, 5) is 26.0. The van der Waals surface area contributed by atoms with Crippen molar-refractivity contribution >= 4 is 17.5 Å². The molecule has 0 radical (unpaired) electrons. The molecule has 1 fully saturated rings. The average molecular weight is 289 g/mol. The van der Waals surface area contributed by atoms with Gasteiger partial charge in [0.1, 0.15) is 0 Å². The summed E-state index contributed by atoms with van der Waals surface area (Å²) in [6.45, 7) is 3.42. The van der Waals surface area contributed by atoms with Gasteiger partial charge in [0, 0.05) is 18.8 Å². The fraction of sp³-hybridized carbons (Fsp3) is 0.500. The van der Waals surface area contributed by atoms with Gasteiger partial charge in [0.15, 0.2) is 0 Å². The molecule has 0 heterocycles. The number of hydrogen-bond donors (Lipinski definition) is 2. The number of aryl methyl sites for hydroxylation is 1. The van der Waals surface area contributed by atoms with Crippen LogP contribution in [0.15, 0.2) is 24.3 Å². The number of carbonyl (C=O) groups is 2. The molecule has 2 atom stereocenters. The molecular weight excluding hydrogens is 266 g/mol. The molecule has 1 saturated carbocycles. The molecule has 5 heteroatoms. The van der Waals surface area contributed by atoms with Crippen molar-refractivity contribution < 1.29 is 9.59 Å². The number of anilines is 1. The van der Waals surface area contributed by atoms with Gasteiger partial charge in [0.05, 0.1) is 11.8 Å². The van der Waals surface area contributed by atoms with E-state index in [9.17, 15) is 9.59 Å².